The topological polar surface area (TPSA) is 110 Å². The van der Waals surface area contributed by atoms with Gasteiger partial charge in [-0.1, -0.05) is 37.6 Å². The van der Waals surface area contributed by atoms with Crippen molar-refractivity contribution >= 4 is 44.7 Å². The number of Topliss-reactive ketones (excluding diaryl/α,β-unsaturated/α-hetero) is 1. The second-order valence-corrected chi connectivity index (χ2v) is 11.4. The number of nitrogens with one attached hydrogen (secondary N) is 1. The molecule has 1 aliphatic carbocycles. The van der Waals surface area contributed by atoms with Crippen molar-refractivity contribution in [3.8, 4) is 0 Å². The van der Waals surface area contributed by atoms with Gasteiger partial charge in [-0.3, -0.25) is 14.5 Å². The quantitative estimate of drug-likeness (QED) is 0.579. The molecular weight excluding hydrogens is 507 g/mol. The van der Waals surface area contributed by atoms with Gasteiger partial charge in [0.1, 0.15) is 0 Å². The van der Waals surface area contributed by atoms with E-state index >= 15 is 0 Å². The standard InChI is InChI=1S/C23H21ClF3N3O4S/c1-21(2)11-17-19(18(31)12-21)22(23(25,26)27,20(32)30(17)16-6-4-3-5-15(16)24)29-35(33,34)14-9-7-13(28)8-10-14/h3-10,29H,11-12,28H2,1-2H3. The number of benzene rings is 2. The molecule has 1 aliphatic heterocycles. The van der Waals surface area contributed by atoms with E-state index in [0.717, 1.165) is 17.0 Å². The zero-order valence-electron chi connectivity index (χ0n) is 18.6. The normalized spacial score (nSPS) is 22.5. The molecule has 35 heavy (non-hydrogen) atoms. The monoisotopic (exact) mass is 527 g/mol. The summed E-state index contributed by atoms with van der Waals surface area (Å²) in [6, 6.07) is 10.1. The average molecular weight is 528 g/mol. The second-order valence-electron chi connectivity index (χ2n) is 9.28. The summed E-state index contributed by atoms with van der Waals surface area (Å²) >= 11 is 6.23. The maximum Gasteiger partial charge on any atom is 0.421 e. The smallest absolute Gasteiger partial charge is 0.399 e. The molecule has 0 saturated carbocycles. The molecule has 0 saturated heterocycles. The first kappa shape index (κ1) is 25.2. The molecule has 0 spiro atoms. The number of rotatable bonds is 4. The van der Waals surface area contributed by atoms with Crippen molar-refractivity contribution < 1.29 is 31.2 Å². The highest BCUT2D eigenvalue weighted by Gasteiger charge is 2.72. The number of nitrogens with two attached hydrogens (primary N) is 1. The minimum absolute atomic E-state index is 0.0390. The number of carbonyl (C=O) groups is 2. The van der Waals surface area contributed by atoms with Crippen LogP contribution in [0.5, 0.6) is 0 Å². The number of para-hydroxylation sites is 1. The zero-order valence-corrected chi connectivity index (χ0v) is 20.2. The van der Waals surface area contributed by atoms with Gasteiger partial charge in [-0.2, -0.15) is 17.9 Å². The summed E-state index contributed by atoms with van der Waals surface area (Å²) in [6.07, 6.45) is -5.90. The number of nitrogen functional groups attached to an aromatic ring is 1. The van der Waals surface area contributed by atoms with Crippen molar-refractivity contribution in [2.75, 3.05) is 10.6 Å². The minimum Gasteiger partial charge on any atom is -0.399 e. The predicted molar refractivity (Wildman–Crippen MR) is 124 cm³/mol. The van der Waals surface area contributed by atoms with Crippen LogP contribution in [-0.4, -0.2) is 31.8 Å². The Balaban J connectivity index is 2.00. The Morgan fingerprint density at radius 3 is 2.20 bits per heavy atom. The fourth-order valence-electron chi connectivity index (χ4n) is 4.51. The van der Waals surface area contributed by atoms with Crippen molar-refractivity contribution in [2.24, 2.45) is 5.41 Å². The Labute approximate surface area is 204 Å². The summed E-state index contributed by atoms with van der Waals surface area (Å²) in [5.74, 6) is -2.65. The summed E-state index contributed by atoms with van der Waals surface area (Å²) in [5, 5.41) is -0.0390. The third kappa shape index (κ3) is 4.01. The van der Waals surface area contributed by atoms with Crippen molar-refractivity contribution in [2.45, 2.75) is 43.3 Å². The maximum absolute atomic E-state index is 14.9. The molecule has 2 aliphatic rings. The first-order chi connectivity index (χ1) is 16.1. The lowest BCUT2D eigenvalue weighted by Gasteiger charge is -2.35. The van der Waals surface area contributed by atoms with Gasteiger partial charge in [0, 0.05) is 17.8 Å². The Morgan fingerprint density at radius 2 is 1.63 bits per heavy atom. The number of nitrogens with zero attached hydrogens (tertiary/aromatic N) is 1. The molecule has 0 fully saturated rings. The van der Waals surface area contributed by atoms with Gasteiger partial charge in [0.25, 0.3) is 5.91 Å². The van der Waals surface area contributed by atoms with Crippen LogP contribution in [-0.2, 0) is 19.6 Å². The second kappa shape index (κ2) is 8.07. The highest BCUT2D eigenvalue weighted by atomic mass is 35.5. The van der Waals surface area contributed by atoms with Gasteiger partial charge < -0.3 is 5.73 Å². The Morgan fingerprint density at radius 1 is 1.03 bits per heavy atom. The fourth-order valence-corrected chi connectivity index (χ4v) is 6.05. The molecule has 4 rings (SSSR count). The highest BCUT2D eigenvalue weighted by Crippen LogP contribution is 2.53. The molecule has 0 aromatic heterocycles. The summed E-state index contributed by atoms with van der Waals surface area (Å²) in [6.45, 7) is 3.35. The average Bonchev–Trinajstić information content (AvgIpc) is 2.96. The van der Waals surface area contributed by atoms with E-state index in [9.17, 15) is 31.2 Å². The van der Waals surface area contributed by atoms with Crippen LogP contribution in [0.1, 0.15) is 26.7 Å². The van der Waals surface area contributed by atoms with Crippen molar-refractivity contribution in [1.29, 1.82) is 0 Å². The van der Waals surface area contributed by atoms with Crippen molar-refractivity contribution in [3.63, 3.8) is 0 Å². The molecule has 1 amide bonds. The van der Waals surface area contributed by atoms with Gasteiger partial charge in [0.15, 0.2) is 5.78 Å². The lowest BCUT2D eigenvalue weighted by molar-refractivity contribution is -0.184. The predicted octanol–water partition coefficient (Wildman–Crippen LogP) is 4.19. The first-order valence-corrected chi connectivity index (χ1v) is 12.3. The first-order valence-electron chi connectivity index (χ1n) is 10.4. The van der Waals surface area contributed by atoms with Crippen LogP contribution in [0.3, 0.4) is 0 Å². The fraction of sp³-hybridized carbons (Fsp3) is 0.304. The molecule has 1 unspecified atom stereocenters. The number of anilines is 2. The SMILES string of the molecule is CC1(C)CC(=O)C2=C(C1)N(c1ccccc1Cl)C(=O)C2(NS(=O)(=O)c1ccc(N)cc1)C(F)(F)F. The van der Waals surface area contributed by atoms with Crippen LogP contribution < -0.4 is 15.4 Å². The number of halogens is 4. The zero-order chi connectivity index (χ0) is 26.0. The molecule has 1 atom stereocenters. The van der Waals surface area contributed by atoms with E-state index in [-0.39, 0.29) is 34.9 Å². The number of alkyl halides is 3. The van der Waals surface area contributed by atoms with Gasteiger partial charge in [-0.25, -0.2) is 8.42 Å². The van der Waals surface area contributed by atoms with Crippen LogP contribution in [0.25, 0.3) is 0 Å². The van der Waals surface area contributed by atoms with Crippen molar-refractivity contribution in [1.82, 2.24) is 4.72 Å². The van der Waals surface area contributed by atoms with Gasteiger partial charge in [0.2, 0.25) is 15.6 Å². The molecule has 2 aromatic rings. The van der Waals surface area contributed by atoms with Crippen LogP contribution in [0.15, 0.2) is 64.7 Å². The Bertz CT molecular complexity index is 1370. The van der Waals surface area contributed by atoms with E-state index in [1.165, 1.54) is 36.4 Å². The third-order valence-corrected chi connectivity index (χ3v) is 7.81. The van der Waals surface area contributed by atoms with E-state index in [1.807, 2.05) is 0 Å². The summed E-state index contributed by atoms with van der Waals surface area (Å²) < 4.78 is 72.5. The summed E-state index contributed by atoms with van der Waals surface area (Å²) in [7, 11) is -4.95. The number of sulfonamides is 1. The van der Waals surface area contributed by atoms with Gasteiger partial charge >= 0.3 is 6.18 Å². The highest BCUT2D eigenvalue weighted by molar-refractivity contribution is 7.89. The Kier molecular flexibility index (Phi) is 5.81. The molecule has 7 nitrogen and oxygen atoms in total. The molecule has 1 heterocycles. The minimum atomic E-state index is -5.50. The molecule has 12 heteroatoms. The number of carbonyl (C=O) groups excluding carboxylic acids is 2. The van der Waals surface area contributed by atoms with Crippen molar-refractivity contribution in [3.05, 3.63) is 64.8 Å². The van der Waals surface area contributed by atoms with E-state index < -0.39 is 49.3 Å². The third-order valence-electron chi connectivity index (χ3n) is 6.02. The largest absolute Gasteiger partial charge is 0.421 e. The number of ketones is 1. The maximum atomic E-state index is 14.9. The molecule has 3 N–H and O–H groups in total. The number of hydrogen-bond donors (Lipinski definition) is 2. The molecular formula is C23H21ClF3N3O4S. The van der Waals surface area contributed by atoms with Crippen LogP contribution >= 0.6 is 11.6 Å². The van der Waals surface area contributed by atoms with Gasteiger partial charge in [-0.15, -0.1) is 0 Å². The Hall–Kier alpha value is -2.89. The molecule has 0 radical (unpaired) electrons. The molecule has 2 aromatic carbocycles. The van der Waals surface area contributed by atoms with Crippen LogP contribution in [0, 0.1) is 5.41 Å². The van der Waals surface area contributed by atoms with Crippen LogP contribution in [0.2, 0.25) is 5.02 Å². The lowest BCUT2D eigenvalue weighted by Crippen LogP contribution is -2.66. The van der Waals surface area contributed by atoms with E-state index in [2.05, 4.69) is 0 Å². The number of hydrogen-bond acceptors (Lipinski definition) is 5. The summed E-state index contributed by atoms with van der Waals surface area (Å²) in [4.78, 5) is 27.1. The van der Waals surface area contributed by atoms with E-state index in [1.54, 1.807) is 18.6 Å². The molecule has 0 bridgehead atoms. The van der Waals surface area contributed by atoms with Crippen LogP contribution in [0.4, 0.5) is 24.5 Å². The molecule has 186 valence electrons. The number of amides is 1. The number of allylic oxidation sites excluding steroid dienone is 1. The van der Waals surface area contributed by atoms with E-state index in [0.29, 0.717) is 0 Å². The summed E-state index contributed by atoms with van der Waals surface area (Å²) in [5.41, 5.74) is -0.138. The van der Waals surface area contributed by atoms with E-state index in [4.69, 9.17) is 17.3 Å². The van der Waals surface area contributed by atoms with Gasteiger partial charge in [0.05, 0.1) is 21.2 Å². The van der Waals surface area contributed by atoms with Gasteiger partial charge in [-0.05, 0) is 48.2 Å². The lowest BCUT2D eigenvalue weighted by atomic mass is 9.72.